The van der Waals surface area contributed by atoms with Gasteiger partial charge in [0.1, 0.15) is 11.5 Å². The van der Waals surface area contributed by atoms with Crippen LogP contribution in [0.1, 0.15) is 58.9 Å². The fourth-order valence-corrected chi connectivity index (χ4v) is 3.12. The molecule has 0 spiro atoms. The molecule has 34 heavy (non-hydrogen) atoms. The monoisotopic (exact) mass is 459 g/mol. The summed E-state index contributed by atoms with van der Waals surface area (Å²) in [5.41, 5.74) is 2.52. The Morgan fingerprint density at radius 1 is 0.765 bits per heavy atom. The number of unbranched alkanes of at least 4 members (excludes halogenated alkanes) is 3. The largest absolute Gasteiger partial charge is 0.497 e. The first-order chi connectivity index (χ1) is 16.6. The Hall–Kier alpha value is -3.93. The smallest absolute Gasteiger partial charge is 0.343 e. The predicted molar refractivity (Wildman–Crippen MR) is 133 cm³/mol. The van der Waals surface area contributed by atoms with Crippen LogP contribution >= 0.6 is 0 Å². The van der Waals surface area contributed by atoms with Gasteiger partial charge in [0.05, 0.1) is 30.5 Å². The molecule has 0 amide bonds. The summed E-state index contributed by atoms with van der Waals surface area (Å²) in [6.07, 6.45) is 5.97. The number of nitrogens with zero attached hydrogens (tertiary/aromatic N) is 1. The van der Waals surface area contributed by atoms with E-state index in [2.05, 4.69) is 11.9 Å². The zero-order chi connectivity index (χ0) is 24.2. The zero-order valence-corrected chi connectivity index (χ0v) is 19.5. The summed E-state index contributed by atoms with van der Waals surface area (Å²) < 4.78 is 15.8. The maximum Gasteiger partial charge on any atom is 0.343 e. The molecule has 0 radical (unpaired) electrons. The average molecular weight is 460 g/mol. The molecule has 0 fully saturated rings. The van der Waals surface area contributed by atoms with E-state index >= 15 is 0 Å². The standard InChI is InChI=1S/C28H29NO5/c1-3-4-5-6-19-33-27(30)22-9-13-24(14-10-22)29-20-21-7-15-26(16-8-21)34-28(31)23-11-17-25(32-2)18-12-23/h7-18,20H,3-6,19H2,1-2H3. The van der Waals surface area contributed by atoms with E-state index in [9.17, 15) is 9.59 Å². The van der Waals surface area contributed by atoms with Crippen LogP contribution in [0.15, 0.2) is 77.8 Å². The highest BCUT2D eigenvalue weighted by molar-refractivity contribution is 5.91. The normalized spacial score (nSPS) is 10.8. The highest BCUT2D eigenvalue weighted by Gasteiger charge is 2.09. The van der Waals surface area contributed by atoms with Gasteiger partial charge in [0.2, 0.25) is 0 Å². The number of rotatable bonds is 11. The molecule has 176 valence electrons. The summed E-state index contributed by atoms with van der Waals surface area (Å²) in [4.78, 5) is 28.8. The number of hydrogen-bond acceptors (Lipinski definition) is 6. The van der Waals surface area contributed by atoms with Gasteiger partial charge < -0.3 is 14.2 Å². The van der Waals surface area contributed by atoms with Crippen LogP contribution < -0.4 is 9.47 Å². The van der Waals surface area contributed by atoms with Crippen molar-refractivity contribution in [3.63, 3.8) is 0 Å². The number of benzene rings is 3. The van der Waals surface area contributed by atoms with Crippen LogP contribution in [0, 0.1) is 0 Å². The van der Waals surface area contributed by atoms with Crippen LogP contribution in [0.25, 0.3) is 0 Å². The van der Waals surface area contributed by atoms with Gasteiger partial charge in [-0.25, -0.2) is 9.59 Å². The first kappa shape index (κ1) is 24.7. The van der Waals surface area contributed by atoms with Crippen LogP contribution in [0.4, 0.5) is 5.69 Å². The van der Waals surface area contributed by atoms with E-state index in [1.165, 1.54) is 0 Å². The van der Waals surface area contributed by atoms with Gasteiger partial charge in [-0.05, 0) is 84.8 Å². The second kappa shape index (κ2) is 12.9. The lowest BCUT2D eigenvalue weighted by Gasteiger charge is -2.06. The molecule has 0 bridgehead atoms. The van der Waals surface area contributed by atoms with Crippen molar-refractivity contribution in [2.45, 2.75) is 32.6 Å². The van der Waals surface area contributed by atoms with Gasteiger partial charge in [-0.3, -0.25) is 4.99 Å². The van der Waals surface area contributed by atoms with Crippen molar-refractivity contribution in [2.24, 2.45) is 4.99 Å². The first-order valence-corrected chi connectivity index (χ1v) is 11.4. The zero-order valence-electron chi connectivity index (χ0n) is 19.5. The van der Waals surface area contributed by atoms with Gasteiger partial charge in [-0.15, -0.1) is 0 Å². The maximum absolute atomic E-state index is 12.3. The van der Waals surface area contributed by atoms with Gasteiger partial charge in [-0.2, -0.15) is 0 Å². The van der Waals surface area contributed by atoms with Crippen molar-refractivity contribution in [1.82, 2.24) is 0 Å². The fraction of sp³-hybridized carbons (Fsp3) is 0.250. The summed E-state index contributed by atoms with van der Waals surface area (Å²) in [5, 5.41) is 0. The summed E-state index contributed by atoms with van der Waals surface area (Å²) in [7, 11) is 1.57. The van der Waals surface area contributed by atoms with Gasteiger partial charge in [0, 0.05) is 6.21 Å². The van der Waals surface area contributed by atoms with Crippen LogP contribution in [0.3, 0.4) is 0 Å². The van der Waals surface area contributed by atoms with Crippen molar-refractivity contribution in [1.29, 1.82) is 0 Å². The van der Waals surface area contributed by atoms with Crippen molar-refractivity contribution in [3.05, 3.63) is 89.5 Å². The molecule has 0 aliphatic rings. The van der Waals surface area contributed by atoms with Gasteiger partial charge in [-0.1, -0.05) is 26.2 Å². The molecule has 3 aromatic carbocycles. The summed E-state index contributed by atoms with van der Waals surface area (Å²) >= 11 is 0. The van der Waals surface area contributed by atoms with Crippen LogP contribution in [0.2, 0.25) is 0 Å². The Kier molecular flexibility index (Phi) is 9.40. The van der Waals surface area contributed by atoms with E-state index in [4.69, 9.17) is 14.2 Å². The Labute approximate surface area is 200 Å². The molecular formula is C28H29NO5. The number of ether oxygens (including phenoxy) is 3. The molecule has 0 aliphatic carbocycles. The van der Waals surface area contributed by atoms with E-state index in [1.54, 1.807) is 74.0 Å². The van der Waals surface area contributed by atoms with Crippen LogP contribution in [0.5, 0.6) is 11.5 Å². The molecule has 0 atom stereocenters. The minimum absolute atomic E-state index is 0.313. The molecule has 3 aromatic rings. The molecule has 0 aliphatic heterocycles. The molecule has 6 heteroatoms. The van der Waals surface area contributed by atoms with Crippen molar-refractivity contribution in [2.75, 3.05) is 13.7 Å². The van der Waals surface area contributed by atoms with Crippen molar-refractivity contribution < 1.29 is 23.8 Å². The highest BCUT2D eigenvalue weighted by atomic mass is 16.5. The fourth-order valence-electron chi connectivity index (χ4n) is 3.12. The molecule has 6 nitrogen and oxygen atoms in total. The Morgan fingerprint density at radius 2 is 1.38 bits per heavy atom. The third-order valence-electron chi connectivity index (χ3n) is 5.11. The van der Waals surface area contributed by atoms with Gasteiger partial charge in [0.25, 0.3) is 0 Å². The molecule has 0 N–H and O–H groups in total. The van der Waals surface area contributed by atoms with Crippen LogP contribution in [-0.4, -0.2) is 31.9 Å². The number of carbonyl (C=O) groups is 2. The predicted octanol–water partition coefficient (Wildman–Crippen LogP) is 6.40. The minimum Gasteiger partial charge on any atom is -0.497 e. The topological polar surface area (TPSA) is 74.2 Å². The lowest BCUT2D eigenvalue weighted by Crippen LogP contribution is -2.08. The van der Waals surface area contributed by atoms with E-state index in [0.717, 1.165) is 36.9 Å². The molecule has 0 unspecified atom stereocenters. The third-order valence-corrected chi connectivity index (χ3v) is 5.11. The summed E-state index contributed by atoms with van der Waals surface area (Å²) in [6.45, 7) is 2.59. The quantitative estimate of drug-likeness (QED) is 0.143. The summed E-state index contributed by atoms with van der Waals surface area (Å²) in [5.74, 6) is 0.360. The Balaban J connectivity index is 1.50. The van der Waals surface area contributed by atoms with Crippen LogP contribution in [-0.2, 0) is 4.74 Å². The molecule has 0 saturated carbocycles. The van der Waals surface area contributed by atoms with E-state index in [-0.39, 0.29) is 5.97 Å². The second-order valence-corrected chi connectivity index (χ2v) is 7.69. The maximum atomic E-state index is 12.3. The molecule has 0 heterocycles. The van der Waals surface area contributed by atoms with E-state index < -0.39 is 5.97 Å². The lowest BCUT2D eigenvalue weighted by molar-refractivity contribution is 0.0497. The number of methoxy groups -OCH3 is 1. The van der Waals surface area contributed by atoms with E-state index in [1.807, 2.05) is 12.1 Å². The van der Waals surface area contributed by atoms with E-state index in [0.29, 0.717) is 29.2 Å². The van der Waals surface area contributed by atoms with Crippen molar-refractivity contribution in [3.8, 4) is 11.5 Å². The number of carbonyl (C=O) groups excluding carboxylic acids is 2. The number of hydrogen-bond donors (Lipinski definition) is 0. The highest BCUT2D eigenvalue weighted by Crippen LogP contribution is 2.18. The number of aliphatic imine (C=N–C) groups is 1. The second-order valence-electron chi connectivity index (χ2n) is 7.69. The molecule has 3 rings (SSSR count). The molecule has 0 aromatic heterocycles. The number of esters is 2. The SMILES string of the molecule is CCCCCCOC(=O)c1ccc(N=Cc2ccc(OC(=O)c3ccc(OC)cc3)cc2)cc1. The first-order valence-electron chi connectivity index (χ1n) is 11.4. The average Bonchev–Trinajstić information content (AvgIpc) is 2.88. The third kappa shape index (κ3) is 7.59. The summed E-state index contributed by atoms with van der Waals surface area (Å²) in [6, 6.07) is 20.7. The van der Waals surface area contributed by atoms with Gasteiger partial charge >= 0.3 is 11.9 Å². The Bertz CT molecular complexity index is 1090. The Morgan fingerprint density at radius 3 is 2.03 bits per heavy atom. The minimum atomic E-state index is -0.441. The molecular weight excluding hydrogens is 430 g/mol. The van der Waals surface area contributed by atoms with Crippen molar-refractivity contribution >= 4 is 23.8 Å². The van der Waals surface area contributed by atoms with Gasteiger partial charge in [0.15, 0.2) is 0 Å². The lowest BCUT2D eigenvalue weighted by atomic mass is 10.2. The molecule has 0 saturated heterocycles.